The molecule has 0 unspecified atom stereocenters. The first-order chi connectivity index (χ1) is 12.0. The zero-order chi connectivity index (χ0) is 18.0. The smallest absolute Gasteiger partial charge is 0.423 e. The number of pyridine rings is 2. The third kappa shape index (κ3) is 3.74. The minimum Gasteiger partial charge on any atom is -0.423 e. The first-order valence-corrected chi connectivity index (χ1v) is 8.18. The SMILES string of the molecule is CN1CCN(N(c2ccccn2)c2cc(B(O)O)cn(C)c2=O)CC1. The largest absolute Gasteiger partial charge is 0.490 e. The fraction of sp³-hybridized carbons (Fsp3) is 0.375. The molecule has 2 N–H and O–H groups in total. The molecule has 25 heavy (non-hydrogen) atoms. The molecule has 0 bridgehead atoms. The molecule has 3 heterocycles. The number of hydrogen-bond acceptors (Lipinski definition) is 7. The third-order valence-electron chi connectivity index (χ3n) is 4.34. The number of anilines is 2. The molecule has 0 aromatic carbocycles. The third-order valence-corrected chi connectivity index (χ3v) is 4.34. The Morgan fingerprint density at radius 2 is 1.88 bits per heavy atom. The second-order valence-corrected chi connectivity index (χ2v) is 6.21. The fourth-order valence-corrected chi connectivity index (χ4v) is 2.91. The molecule has 1 fully saturated rings. The summed E-state index contributed by atoms with van der Waals surface area (Å²) in [6.45, 7) is 3.21. The van der Waals surface area contributed by atoms with E-state index in [1.165, 1.54) is 16.8 Å². The first-order valence-electron chi connectivity index (χ1n) is 8.18. The van der Waals surface area contributed by atoms with Crippen LogP contribution < -0.4 is 16.0 Å². The van der Waals surface area contributed by atoms with Crippen LogP contribution in [0.25, 0.3) is 0 Å². The normalized spacial score (nSPS) is 16.0. The van der Waals surface area contributed by atoms with E-state index in [0.717, 1.165) is 26.2 Å². The molecule has 0 amide bonds. The van der Waals surface area contributed by atoms with Crippen LogP contribution in [0.2, 0.25) is 0 Å². The molecule has 132 valence electrons. The molecule has 2 aromatic rings. The van der Waals surface area contributed by atoms with Crippen molar-refractivity contribution in [3.8, 4) is 0 Å². The van der Waals surface area contributed by atoms with Crippen molar-refractivity contribution in [1.82, 2.24) is 19.5 Å². The lowest BCUT2D eigenvalue weighted by Crippen LogP contribution is -2.53. The Kier molecular flexibility index (Phi) is 5.19. The molecule has 0 radical (unpaired) electrons. The van der Waals surface area contributed by atoms with Crippen molar-refractivity contribution in [3.63, 3.8) is 0 Å². The number of likely N-dealkylation sites (N-methyl/N-ethyl adjacent to an activating group) is 1. The Hall–Kier alpha value is -2.20. The van der Waals surface area contributed by atoms with Crippen molar-refractivity contribution in [2.45, 2.75) is 0 Å². The summed E-state index contributed by atoms with van der Waals surface area (Å²) in [5, 5.41) is 22.9. The van der Waals surface area contributed by atoms with Gasteiger partial charge in [-0.1, -0.05) is 6.07 Å². The number of hydrazine groups is 1. The second kappa shape index (κ2) is 7.36. The van der Waals surface area contributed by atoms with E-state index in [4.69, 9.17) is 0 Å². The molecule has 8 nitrogen and oxygen atoms in total. The zero-order valence-corrected chi connectivity index (χ0v) is 14.4. The van der Waals surface area contributed by atoms with E-state index < -0.39 is 7.12 Å². The van der Waals surface area contributed by atoms with Gasteiger partial charge in [0.15, 0.2) is 0 Å². The molecule has 0 atom stereocenters. The Morgan fingerprint density at radius 1 is 1.16 bits per heavy atom. The summed E-state index contributed by atoms with van der Waals surface area (Å²) in [7, 11) is 2.01. The van der Waals surface area contributed by atoms with Crippen molar-refractivity contribution < 1.29 is 10.0 Å². The van der Waals surface area contributed by atoms with Crippen molar-refractivity contribution in [3.05, 3.63) is 47.0 Å². The topological polar surface area (TPSA) is 85.1 Å². The summed E-state index contributed by atoms with van der Waals surface area (Å²) >= 11 is 0. The van der Waals surface area contributed by atoms with Gasteiger partial charge in [-0.15, -0.1) is 0 Å². The Labute approximate surface area is 146 Å². The van der Waals surface area contributed by atoms with Gasteiger partial charge in [-0.25, -0.2) is 9.99 Å². The molecule has 1 aliphatic heterocycles. The molecule has 0 spiro atoms. The van der Waals surface area contributed by atoms with Crippen LogP contribution in [0.4, 0.5) is 11.5 Å². The minimum atomic E-state index is -1.65. The van der Waals surface area contributed by atoms with Crippen LogP contribution in [0.3, 0.4) is 0 Å². The number of nitrogens with zero attached hydrogens (tertiary/aromatic N) is 5. The van der Waals surface area contributed by atoms with E-state index >= 15 is 0 Å². The van der Waals surface area contributed by atoms with Gasteiger partial charge in [-0.2, -0.15) is 0 Å². The average molecular weight is 343 g/mol. The minimum absolute atomic E-state index is 0.228. The molecule has 3 rings (SSSR count). The summed E-state index contributed by atoms with van der Waals surface area (Å²) in [6, 6.07) is 7.03. The van der Waals surface area contributed by atoms with Gasteiger partial charge in [0.1, 0.15) is 11.5 Å². The predicted octanol–water partition coefficient (Wildman–Crippen LogP) is -1.24. The summed E-state index contributed by atoms with van der Waals surface area (Å²) in [5.41, 5.74) is 0.373. The average Bonchev–Trinajstić information content (AvgIpc) is 2.61. The van der Waals surface area contributed by atoms with Crippen LogP contribution in [0.5, 0.6) is 0 Å². The zero-order valence-electron chi connectivity index (χ0n) is 14.4. The summed E-state index contributed by atoms with van der Waals surface area (Å²) < 4.78 is 1.36. The van der Waals surface area contributed by atoms with Crippen molar-refractivity contribution in [2.75, 3.05) is 38.2 Å². The van der Waals surface area contributed by atoms with Crippen LogP contribution in [0.15, 0.2) is 41.5 Å². The fourth-order valence-electron chi connectivity index (χ4n) is 2.91. The molecular weight excluding hydrogens is 321 g/mol. The van der Waals surface area contributed by atoms with Gasteiger partial charge in [-0.05, 0) is 25.2 Å². The quantitative estimate of drug-likeness (QED) is 0.672. The molecular formula is C16H22BN5O3. The monoisotopic (exact) mass is 343 g/mol. The van der Waals surface area contributed by atoms with Crippen LogP contribution in [-0.2, 0) is 7.05 Å². The number of rotatable bonds is 4. The molecule has 0 aliphatic carbocycles. The molecule has 1 aliphatic rings. The van der Waals surface area contributed by atoms with Crippen molar-refractivity contribution >= 4 is 24.1 Å². The van der Waals surface area contributed by atoms with E-state index in [-0.39, 0.29) is 11.0 Å². The van der Waals surface area contributed by atoms with E-state index in [2.05, 4.69) is 21.9 Å². The van der Waals surface area contributed by atoms with Gasteiger partial charge in [0.2, 0.25) is 0 Å². The van der Waals surface area contributed by atoms with Gasteiger partial charge in [0, 0.05) is 51.1 Å². The number of aryl methyl sites for hydroxylation is 1. The highest BCUT2D eigenvalue weighted by atomic mass is 16.4. The number of aromatic nitrogens is 2. The van der Waals surface area contributed by atoms with Crippen LogP contribution in [-0.4, -0.2) is 69.9 Å². The summed E-state index contributed by atoms with van der Waals surface area (Å²) in [4.78, 5) is 19.4. The molecule has 9 heteroatoms. The highest BCUT2D eigenvalue weighted by Gasteiger charge is 2.27. The second-order valence-electron chi connectivity index (χ2n) is 6.21. The van der Waals surface area contributed by atoms with Crippen LogP contribution >= 0.6 is 0 Å². The summed E-state index contributed by atoms with van der Waals surface area (Å²) in [6.07, 6.45) is 3.10. The molecule has 2 aromatic heterocycles. The first kappa shape index (κ1) is 17.6. The Balaban J connectivity index is 2.10. The van der Waals surface area contributed by atoms with Gasteiger partial charge in [0.05, 0.1) is 0 Å². The van der Waals surface area contributed by atoms with Gasteiger partial charge in [0.25, 0.3) is 5.56 Å². The maximum Gasteiger partial charge on any atom is 0.490 e. The number of hydrogen-bond donors (Lipinski definition) is 2. The van der Waals surface area contributed by atoms with Crippen LogP contribution in [0.1, 0.15) is 0 Å². The lowest BCUT2D eigenvalue weighted by atomic mass is 9.81. The maximum atomic E-state index is 12.8. The highest BCUT2D eigenvalue weighted by molar-refractivity contribution is 6.58. The lowest BCUT2D eigenvalue weighted by molar-refractivity contribution is 0.154. The van der Waals surface area contributed by atoms with E-state index in [0.29, 0.717) is 11.5 Å². The Bertz CT molecular complexity index is 775. The van der Waals surface area contributed by atoms with E-state index in [9.17, 15) is 14.8 Å². The highest BCUT2D eigenvalue weighted by Crippen LogP contribution is 2.23. The van der Waals surface area contributed by atoms with Crippen molar-refractivity contribution in [1.29, 1.82) is 0 Å². The molecule has 1 saturated heterocycles. The van der Waals surface area contributed by atoms with Crippen LogP contribution in [0, 0.1) is 0 Å². The van der Waals surface area contributed by atoms with E-state index in [1.54, 1.807) is 18.3 Å². The lowest BCUT2D eigenvalue weighted by Gasteiger charge is -2.40. The van der Waals surface area contributed by atoms with Crippen molar-refractivity contribution in [2.24, 2.45) is 7.05 Å². The van der Waals surface area contributed by atoms with Gasteiger partial charge in [-0.3, -0.25) is 9.80 Å². The Morgan fingerprint density at radius 3 is 2.48 bits per heavy atom. The molecule has 0 saturated carbocycles. The van der Waals surface area contributed by atoms with E-state index in [1.807, 2.05) is 18.2 Å². The maximum absolute atomic E-state index is 12.8. The standard InChI is InChI=1S/C16H22BN5O3/c1-19-7-9-21(10-8-19)22(15-5-3-4-6-18-15)14-11-13(17(24)25)12-20(2)16(14)23/h3-6,11-12,24-25H,7-10H2,1-2H3. The van der Waals surface area contributed by atoms with Gasteiger partial charge >= 0.3 is 7.12 Å². The number of piperazine rings is 1. The predicted molar refractivity (Wildman–Crippen MR) is 97.0 cm³/mol. The van der Waals surface area contributed by atoms with Gasteiger partial charge < -0.3 is 19.5 Å². The summed E-state index contributed by atoms with van der Waals surface area (Å²) in [5.74, 6) is 0.619.